The first-order valence-corrected chi connectivity index (χ1v) is 10.8. The molecule has 2 amide bonds. The summed E-state index contributed by atoms with van der Waals surface area (Å²) in [7, 11) is 0. The van der Waals surface area contributed by atoms with E-state index < -0.39 is 12.1 Å². The molecule has 0 aliphatic carbocycles. The number of aryl methyl sites for hydroxylation is 1. The molecule has 0 aromatic heterocycles. The van der Waals surface area contributed by atoms with Crippen molar-refractivity contribution in [3.8, 4) is 5.75 Å². The van der Waals surface area contributed by atoms with Gasteiger partial charge in [0, 0.05) is 37.6 Å². The predicted molar refractivity (Wildman–Crippen MR) is 121 cm³/mol. The Bertz CT molecular complexity index is 983. The fraction of sp³-hybridized carbons (Fsp3) is 0.417. The summed E-state index contributed by atoms with van der Waals surface area (Å²) in [6.45, 7) is 6.58. The number of hydrogen-bond donors (Lipinski definition) is 1. The van der Waals surface area contributed by atoms with Crippen molar-refractivity contribution in [2.24, 2.45) is 0 Å². The van der Waals surface area contributed by atoms with Crippen LogP contribution in [-0.4, -0.2) is 55.7 Å². The van der Waals surface area contributed by atoms with Crippen molar-refractivity contribution >= 4 is 23.2 Å². The van der Waals surface area contributed by atoms with Gasteiger partial charge in [-0.05, 0) is 54.3 Å². The van der Waals surface area contributed by atoms with Crippen LogP contribution < -0.4 is 15.0 Å². The molecule has 0 radical (unpaired) electrons. The maximum atomic E-state index is 12.6. The first kappa shape index (κ1) is 24.4. The molecule has 1 aliphatic rings. The minimum Gasteiger partial charge on any atom is -0.483 e. The van der Waals surface area contributed by atoms with Gasteiger partial charge in [-0.2, -0.15) is 13.2 Å². The molecule has 6 nitrogen and oxygen atoms in total. The second-order valence-corrected chi connectivity index (χ2v) is 8.36. The van der Waals surface area contributed by atoms with Gasteiger partial charge in [0.05, 0.1) is 0 Å². The highest BCUT2D eigenvalue weighted by Gasteiger charge is 2.43. The van der Waals surface area contributed by atoms with Crippen LogP contribution >= 0.6 is 0 Å². The molecule has 0 spiro atoms. The lowest BCUT2D eigenvalue weighted by molar-refractivity contribution is -0.185. The lowest BCUT2D eigenvalue weighted by Gasteiger charge is -2.36. The maximum Gasteiger partial charge on any atom is 0.471 e. The van der Waals surface area contributed by atoms with E-state index in [0.717, 1.165) is 21.7 Å². The number of halogens is 3. The summed E-state index contributed by atoms with van der Waals surface area (Å²) >= 11 is 0. The third-order valence-electron chi connectivity index (χ3n) is 5.48. The zero-order chi connectivity index (χ0) is 24.2. The standard InChI is InChI=1S/C24H28F3N3O3/c1-16(2)20-9-4-17(3)14-21(20)33-15-22(31)28-18-5-7-19(8-6-18)29-10-12-30(13-11-29)23(32)24(25,26)27/h4-9,14,16H,10-13,15H2,1-3H3,(H,28,31). The summed E-state index contributed by atoms with van der Waals surface area (Å²) < 4.78 is 43.5. The van der Waals surface area contributed by atoms with Gasteiger partial charge in [0.2, 0.25) is 0 Å². The Hall–Kier alpha value is -3.23. The molecular formula is C24H28F3N3O3. The average molecular weight is 464 g/mol. The first-order valence-electron chi connectivity index (χ1n) is 10.8. The Kier molecular flexibility index (Phi) is 7.50. The normalized spacial score (nSPS) is 14.4. The highest BCUT2D eigenvalue weighted by atomic mass is 19.4. The number of anilines is 2. The van der Waals surface area contributed by atoms with Crippen LogP contribution in [0.25, 0.3) is 0 Å². The number of piperazine rings is 1. The van der Waals surface area contributed by atoms with Crippen molar-refractivity contribution in [3.05, 3.63) is 53.6 Å². The van der Waals surface area contributed by atoms with E-state index in [4.69, 9.17) is 4.74 Å². The molecule has 0 atom stereocenters. The molecule has 0 unspecified atom stereocenters. The molecule has 178 valence electrons. The number of nitrogens with zero attached hydrogens (tertiary/aromatic N) is 2. The van der Waals surface area contributed by atoms with E-state index in [-0.39, 0.29) is 31.5 Å². The lowest BCUT2D eigenvalue weighted by atomic mass is 10.0. The lowest BCUT2D eigenvalue weighted by Crippen LogP contribution is -2.52. The van der Waals surface area contributed by atoms with Crippen LogP contribution in [0.2, 0.25) is 0 Å². The molecule has 2 aromatic rings. The number of amides is 2. The number of carbonyl (C=O) groups is 2. The van der Waals surface area contributed by atoms with Crippen molar-refractivity contribution in [2.75, 3.05) is 43.0 Å². The van der Waals surface area contributed by atoms with E-state index in [1.165, 1.54) is 0 Å². The van der Waals surface area contributed by atoms with Crippen LogP contribution in [0.4, 0.5) is 24.5 Å². The molecule has 0 saturated carbocycles. The fourth-order valence-corrected chi connectivity index (χ4v) is 3.69. The largest absolute Gasteiger partial charge is 0.483 e. The van der Waals surface area contributed by atoms with E-state index in [1.807, 2.05) is 30.0 Å². The number of nitrogens with one attached hydrogen (secondary N) is 1. The van der Waals surface area contributed by atoms with Gasteiger partial charge in [0.15, 0.2) is 6.61 Å². The van der Waals surface area contributed by atoms with Gasteiger partial charge in [-0.25, -0.2) is 0 Å². The summed E-state index contributed by atoms with van der Waals surface area (Å²) in [5, 5.41) is 2.78. The van der Waals surface area contributed by atoms with Crippen LogP contribution in [0.5, 0.6) is 5.75 Å². The highest BCUT2D eigenvalue weighted by molar-refractivity contribution is 5.92. The number of hydrogen-bond acceptors (Lipinski definition) is 4. The fourth-order valence-electron chi connectivity index (χ4n) is 3.69. The van der Waals surface area contributed by atoms with E-state index in [0.29, 0.717) is 24.5 Å². The van der Waals surface area contributed by atoms with Crippen molar-refractivity contribution in [1.82, 2.24) is 4.90 Å². The van der Waals surface area contributed by atoms with Crippen molar-refractivity contribution < 1.29 is 27.5 Å². The first-order chi connectivity index (χ1) is 15.5. The summed E-state index contributed by atoms with van der Waals surface area (Å²) in [6, 6.07) is 13.0. The summed E-state index contributed by atoms with van der Waals surface area (Å²) in [5.74, 6) is -1.13. The molecule has 3 rings (SSSR count). The van der Waals surface area contributed by atoms with Gasteiger partial charge in [0.25, 0.3) is 5.91 Å². The zero-order valence-electron chi connectivity index (χ0n) is 18.9. The maximum absolute atomic E-state index is 12.6. The Morgan fingerprint density at radius 2 is 1.67 bits per heavy atom. The van der Waals surface area contributed by atoms with E-state index in [9.17, 15) is 22.8 Å². The number of alkyl halides is 3. The van der Waals surface area contributed by atoms with Crippen molar-refractivity contribution in [1.29, 1.82) is 0 Å². The number of benzene rings is 2. The van der Waals surface area contributed by atoms with Crippen LogP contribution in [-0.2, 0) is 9.59 Å². The quantitative estimate of drug-likeness (QED) is 0.692. The molecule has 2 aromatic carbocycles. The highest BCUT2D eigenvalue weighted by Crippen LogP contribution is 2.27. The SMILES string of the molecule is Cc1ccc(C(C)C)c(OCC(=O)Nc2ccc(N3CCN(C(=O)C(F)(F)F)CC3)cc2)c1. The third kappa shape index (κ3) is 6.40. The molecule has 1 N–H and O–H groups in total. The van der Waals surface area contributed by atoms with Gasteiger partial charge >= 0.3 is 12.1 Å². The summed E-state index contributed by atoms with van der Waals surface area (Å²) in [4.78, 5) is 26.4. The van der Waals surface area contributed by atoms with Crippen molar-refractivity contribution in [2.45, 2.75) is 32.9 Å². The molecule has 1 aliphatic heterocycles. The Morgan fingerprint density at radius 1 is 1.03 bits per heavy atom. The third-order valence-corrected chi connectivity index (χ3v) is 5.48. The monoisotopic (exact) mass is 463 g/mol. The minimum atomic E-state index is -4.85. The molecule has 33 heavy (non-hydrogen) atoms. The molecule has 1 fully saturated rings. The summed E-state index contributed by atoms with van der Waals surface area (Å²) in [6.07, 6.45) is -4.85. The van der Waals surface area contributed by atoms with Crippen LogP contribution in [0.3, 0.4) is 0 Å². The van der Waals surface area contributed by atoms with E-state index >= 15 is 0 Å². The number of carbonyl (C=O) groups excluding carboxylic acids is 2. The van der Waals surface area contributed by atoms with Gasteiger partial charge in [-0.3, -0.25) is 9.59 Å². The van der Waals surface area contributed by atoms with Gasteiger partial charge in [0.1, 0.15) is 5.75 Å². The average Bonchev–Trinajstić information content (AvgIpc) is 2.77. The van der Waals surface area contributed by atoms with Crippen LogP contribution in [0, 0.1) is 6.92 Å². The van der Waals surface area contributed by atoms with Crippen molar-refractivity contribution in [3.63, 3.8) is 0 Å². The topological polar surface area (TPSA) is 61.9 Å². The second kappa shape index (κ2) is 10.1. The van der Waals surface area contributed by atoms with Gasteiger partial charge in [-0.1, -0.05) is 26.0 Å². The second-order valence-electron chi connectivity index (χ2n) is 8.36. The number of ether oxygens (including phenoxy) is 1. The van der Waals surface area contributed by atoms with Crippen LogP contribution in [0.15, 0.2) is 42.5 Å². The van der Waals surface area contributed by atoms with Gasteiger partial charge in [-0.15, -0.1) is 0 Å². The Labute approximate surface area is 191 Å². The predicted octanol–water partition coefficient (Wildman–Crippen LogP) is 4.35. The van der Waals surface area contributed by atoms with Crippen LogP contribution in [0.1, 0.15) is 30.9 Å². The minimum absolute atomic E-state index is 0.00545. The Morgan fingerprint density at radius 3 is 2.24 bits per heavy atom. The van der Waals surface area contributed by atoms with E-state index in [1.54, 1.807) is 24.3 Å². The molecule has 1 saturated heterocycles. The molecule has 9 heteroatoms. The Balaban J connectivity index is 1.52. The summed E-state index contributed by atoms with van der Waals surface area (Å²) in [5.41, 5.74) is 3.49. The van der Waals surface area contributed by atoms with E-state index in [2.05, 4.69) is 19.2 Å². The molecule has 0 bridgehead atoms. The number of rotatable bonds is 6. The molecule has 1 heterocycles. The zero-order valence-corrected chi connectivity index (χ0v) is 18.9. The van der Waals surface area contributed by atoms with Gasteiger partial charge < -0.3 is 19.9 Å². The smallest absolute Gasteiger partial charge is 0.471 e. The molecular weight excluding hydrogens is 435 g/mol.